The largest absolute Gasteiger partial charge is 0.462 e. The molecule has 21 heavy (non-hydrogen) atoms. The first-order valence-corrected chi connectivity index (χ1v) is 7.10. The van der Waals surface area contributed by atoms with Crippen molar-refractivity contribution < 1.29 is 13.9 Å². The number of benzene rings is 1. The van der Waals surface area contributed by atoms with E-state index >= 15 is 0 Å². The van der Waals surface area contributed by atoms with Gasteiger partial charge in [0.25, 0.3) is 0 Å². The van der Waals surface area contributed by atoms with Crippen molar-refractivity contribution in [1.29, 1.82) is 0 Å². The first-order valence-electron chi connectivity index (χ1n) is 7.10. The van der Waals surface area contributed by atoms with Gasteiger partial charge in [-0.2, -0.15) is 0 Å². The van der Waals surface area contributed by atoms with Crippen LogP contribution in [0.4, 0.5) is 10.1 Å². The summed E-state index contributed by atoms with van der Waals surface area (Å²) in [5, 5.41) is 0.607. The SMILES string of the molecule is CCOC(=O)c1cnc2cc(N3CC(C)C3)c(F)cc2c1. The smallest absolute Gasteiger partial charge is 0.339 e. The molecule has 0 spiro atoms. The van der Waals surface area contributed by atoms with Crippen LogP contribution in [0.1, 0.15) is 24.2 Å². The average Bonchev–Trinajstić information content (AvgIpc) is 2.43. The first kappa shape index (κ1) is 13.8. The highest BCUT2D eigenvalue weighted by molar-refractivity contribution is 5.94. The zero-order chi connectivity index (χ0) is 15.0. The number of halogens is 1. The monoisotopic (exact) mass is 288 g/mol. The third-order valence-corrected chi connectivity index (χ3v) is 3.67. The number of anilines is 1. The Morgan fingerprint density at radius 1 is 1.43 bits per heavy atom. The number of carbonyl (C=O) groups is 1. The van der Waals surface area contributed by atoms with Gasteiger partial charge in [0.2, 0.25) is 0 Å². The summed E-state index contributed by atoms with van der Waals surface area (Å²) in [6, 6.07) is 4.79. The maximum Gasteiger partial charge on any atom is 0.339 e. The molecule has 0 bridgehead atoms. The normalized spacial score (nSPS) is 15.1. The highest BCUT2D eigenvalue weighted by atomic mass is 19.1. The molecule has 0 aliphatic carbocycles. The molecular formula is C16H17FN2O2. The Morgan fingerprint density at radius 3 is 2.86 bits per heavy atom. The maximum atomic E-state index is 14.2. The van der Waals surface area contributed by atoms with Gasteiger partial charge >= 0.3 is 5.97 Å². The zero-order valence-corrected chi connectivity index (χ0v) is 12.1. The summed E-state index contributed by atoms with van der Waals surface area (Å²) < 4.78 is 19.1. The van der Waals surface area contributed by atoms with E-state index in [1.165, 1.54) is 12.3 Å². The molecule has 1 aliphatic rings. The van der Waals surface area contributed by atoms with Gasteiger partial charge in [0.1, 0.15) is 5.82 Å². The summed E-state index contributed by atoms with van der Waals surface area (Å²) >= 11 is 0. The summed E-state index contributed by atoms with van der Waals surface area (Å²) in [6.45, 7) is 5.91. The van der Waals surface area contributed by atoms with Crippen molar-refractivity contribution >= 4 is 22.6 Å². The molecule has 2 aromatic rings. The topological polar surface area (TPSA) is 42.4 Å². The fraction of sp³-hybridized carbons (Fsp3) is 0.375. The van der Waals surface area contributed by atoms with E-state index in [-0.39, 0.29) is 5.82 Å². The molecule has 0 saturated carbocycles. The van der Waals surface area contributed by atoms with E-state index in [0.717, 1.165) is 13.1 Å². The Kier molecular flexibility index (Phi) is 3.49. The van der Waals surface area contributed by atoms with Crippen LogP contribution in [0.15, 0.2) is 24.4 Å². The minimum atomic E-state index is -0.437. The van der Waals surface area contributed by atoms with E-state index in [1.54, 1.807) is 19.1 Å². The molecule has 0 unspecified atom stereocenters. The lowest BCUT2D eigenvalue weighted by molar-refractivity contribution is 0.0526. The van der Waals surface area contributed by atoms with Gasteiger partial charge < -0.3 is 9.64 Å². The van der Waals surface area contributed by atoms with Crippen LogP contribution in [0.25, 0.3) is 10.9 Å². The molecule has 2 heterocycles. The molecule has 1 aromatic carbocycles. The summed E-state index contributed by atoms with van der Waals surface area (Å²) in [5.41, 5.74) is 1.60. The van der Waals surface area contributed by atoms with Crippen LogP contribution < -0.4 is 4.90 Å². The predicted octanol–water partition coefficient (Wildman–Crippen LogP) is 3.01. The molecule has 1 aliphatic heterocycles. The lowest BCUT2D eigenvalue weighted by Gasteiger charge is -2.39. The van der Waals surface area contributed by atoms with Gasteiger partial charge in [0, 0.05) is 24.7 Å². The fourth-order valence-corrected chi connectivity index (χ4v) is 2.60. The quantitative estimate of drug-likeness (QED) is 0.814. The van der Waals surface area contributed by atoms with Crippen LogP contribution in [0.3, 0.4) is 0 Å². The van der Waals surface area contributed by atoms with Crippen LogP contribution in [-0.4, -0.2) is 30.6 Å². The summed E-state index contributed by atoms with van der Waals surface area (Å²) in [5.74, 6) is -0.121. The summed E-state index contributed by atoms with van der Waals surface area (Å²) in [6.07, 6.45) is 1.47. The molecule has 0 amide bonds. The van der Waals surface area contributed by atoms with Gasteiger partial charge in [-0.25, -0.2) is 9.18 Å². The number of esters is 1. The number of hydrogen-bond acceptors (Lipinski definition) is 4. The molecule has 0 radical (unpaired) electrons. The van der Waals surface area contributed by atoms with Gasteiger partial charge in [0.05, 0.1) is 23.4 Å². The van der Waals surface area contributed by atoms with Crippen LogP contribution >= 0.6 is 0 Å². The van der Waals surface area contributed by atoms with Crippen molar-refractivity contribution in [3.63, 3.8) is 0 Å². The molecule has 5 heteroatoms. The number of rotatable bonds is 3. The van der Waals surface area contributed by atoms with Gasteiger partial charge in [-0.1, -0.05) is 6.92 Å². The van der Waals surface area contributed by atoms with Gasteiger partial charge in [-0.3, -0.25) is 4.98 Å². The second-order valence-corrected chi connectivity index (χ2v) is 5.45. The van der Waals surface area contributed by atoms with Crippen LogP contribution in [0.5, 0.6) is 0 Å². The lowest BCUT2D eigenvalue weighted by atomic mass is 10.0. The fourth-order valence-electron chi connectivity index (χ4n) is 2.60. The first-order chi connectivity index (χ1) is 10.1. The van der Waals surface area contributed by atoms with E-state index in [4.69, 9.17) is 4.74 Å². The number of ether oxygens (including phenoxy) is 1. The van der Waals surface area contributed by atoms with E-state index in [0.29, 0.717) is 34.7 Å². The third kappa shape index (κ3) is 2.55. The molecule has 1 aromatic heterocycles. The second-order valence-electron chi connectivity index (χ2n) is 5.45. The molecule has 1 fully saturated rings. The summed E-state index contributed by atoms with van der Waals surface area (Å²) in [4.78, 5) is 17.9. The van der Waals surface area contributed by atoms with E-state index in [2.05, 4.69) is 11.9 Å². The van der Waals surface area contributed by atoms with Crippen molar-refractivity contribution in [2.24, 2.45) is 5.92 Å². The molecule has 0 N–H and O–H groups in total. The minimum absolute atomic E-state index is 0.280. The number of carbonyl (C=O) groups excluding carboxylic acids is 1. The molecule has 3 rings (SSSR count). The Labute approximate surface area is 122 Å². The molecule has 4 nitrogen and oxygen atoms in total. The molecule has 110 valence electrons. The van der Waals surface area contributed by atoms with Gasteiger partial charge in [-0.15, -0.1) is 0 Å². The van der Waals surface area contributed by atoms with Crippen molar-refractivity contribution in [1.82, 2.24) is 4.98 Å². The molecular weight excluding hydrogens is 271 g/mol. The van der Waals surface area contributed by atoms with Gasteiger partial charge in [-0.05, 0) is 31.0 Å². The molecule has 0 atom stereocenters. The number of pyridine rings is 1. The van der Waals surface area contributed by atoms with Crippen molar-refractivity contribution in [2.75, 3.05) is 24.6 Å². The van der Waals surface area contributed by atoms with Crippen LogP contribution in [0.2, 0.25) is 0 Å². The second kappa shape index (κ2) is 5.31. The third-order valence-electron chi connectivity index (χ3n) is 3.67. The number of nitrogens with zero attached hydrogens (tertiary/aromatic N) is 2. The number of fused-ring (bicyclic) bond motifs is 1. The summed E-state index contributed by atoms with van der Waals surface area (Å²) in [7, 11) is 0. The highest BCUT2D eigenvalue weighted by Gasteiger charge is 2.25. The highest BCUT2D eigenvalue weighted by Crippen LogP contribution is 2.30. The molecule has 1 saturated heterocycles. The number of hydrogen-bond donors (Lipinski definition) is 0. The standard InChI is InChI=1S/C16H17FN2O2/c1-3-21-16(20)12-4-11-5-13(17)15(6-14(11)18-7-12)19-8-10(2)9-19/h4-7,10H,3,8-9H2,1-2H3. The average molecular weight is 288 g/mol. The predicted molar refractivity (Wildman–Crippen MR) is 79.0 cm³/mol. The Bertz CT molecular complexity index is 696. The zero-order valence-electron chi connectivity index (χ0n) is 12.1. The maximum absolute atomic E-state index is 14.2. The number of aromatic nitrogens is 1. The van der Waals surface area contributed by atoms with Crippen molar-refractivity contribution in [2.45, 2.75) is 13.8 Å². The Balaban J connectivity index is 1.96. The lowest BCUT2D eigenvalue weighted by Crippen LogP contribution is -2.45. The van der Waals surface area contributed by atoms with Crippen molar-refractivity contribution in [3.8, 4) is 0 Å². The van der Waals surface area contributed by atoms with Crippen LogP contribution in [0, 0.1) is 11.7 Å². The Hall–Kier alpha value is -2.17. The van der Waals surface area contributed by atoms with E-state index in [9.17, 15) is 9.18 Å². The minimum Gasteiger partial charge on any atom is -0.462 e. The van der Waals surface area contributed by atoms with E-state index in [1.807, 2.05) is 4.90 Å². The Morgan fingerprint density at radius 2 is 2.19 bits per heavy atom. The van der Waals surface area contributed by atoms with Crippen molar-refractivity contribution in [3.05, 3.63) is 35.8 Å². The van der Waals surface area contributed by atoms with Crippen LogP contribution in [-0.2, 0) is 4.74 Å². The van der Waals surface area contributed by atoms with Gasteiger partial charge in [0.15, 0.2) is 0 Å². The van der Waals surface area contributed by atoms with E-state index < -0.39 is 5.97 Å².